The molecule has 9 rings (SSSR count). The molecule has 7 aromatic carbocycles. The number of pyridine rings is 1. The van der Waals surface area contributed by atoms with Crippen molar-refractivity contribution < 1.29 is 26.2 Å². The Morgan fingerprint density at radius 3 is 1.79 bits per heavy atom. The van der Waals surface area contributed by atoms with E-state index >= 15 is 0 Å². The van der Waals surface area contributed by atoms with Crippen LogP contribution in [-0.2, 0) is 37.3 Å². The molecule has 0 atom stereocenters. The van der Waals surface area contributed by atoms with Gasteiger partial charge in [-0.05, 0) is 112 Å². The molecule has 0 saturated carbocycles. The van der Waals surface area contributed by atoms with Crippen molar-refractivity contribution in [3.8, 4) is 78.6 Å². The van der Waals surface area contributed by atoms with Crippen LogP contribution in [0.4, 0.5) is 0 Å². The van der Waals surface area contributed by atoms with Crippen LogP contribution in [0.25, 0.3) is 83.9 Å². The molecule has 0 spiro atoms. The van der Waals surface area contributed by atoms with Crippen molar-refractivity contribution in [3.05, 3.63) is 185 Å². The van der Waals surface area contributed by atoms with Crippen LogP contribution in [0.2, 0.25) is 19.6 Å². The van der Waals surface area contributed by atoms with Gasteiger partial charge in [-0.15, -0.1) is 29.3 Å². The molecule has 0 unspecified atom stereocenters. The first-order valence-corrected chi connectivity index (χ1v) is 28.7. The summed E-state index contributed by atoms with van der Waals surface area (Å²) in [6, 6.07) is 54.7. The molecule has 72 heavy (non-hydrogen) atoms. The number of hydrogen-bond donors (Lipinski definition) is 1. The van der Waals surface area contributed by atoms with Gasteiger partial charge in [0.1, 0.15) is 11.6 Å². The normalized spacial score (nSPS) is 12.3. The Hall–Kier alpha value is -6.13. The number of phenolic OH excluding ortho intramolecular Hbond substituents is 1. The summed E-state index contributed by atoms with van der Waals surface area (Å²) >= 11 is 0. The second-order valence-corrected chi connectivity index (χ2v) is 29.0. The third-order valence-electron chi connectivity index (χ3n) is 14.1. The smallest absolute Gasteiger partial charge is 0.148 e. The van der Waals surface area contributed by atoms with Gasteiger partial charge in [-0.25, -0.2) is 4.98 Å². The molecule has 0 radical (unpaired) electrons. The van der Waals surface area contributed by atoms with E-state index in [2.05, 4.69) is 253 Å². The van der Waals surface area contributed by atoms with Crippen molar-refractivity contribution in [2.45, 2.75) is 119 Å². The van der Waals surface area contributed by atoms with E-state index in [0.717, 1.165) is 72.5 Å². The zero-order chi connectivity index (χ0) is 50.9. The van der Waals surface area contributed by atoms with Crippen molar-refractivity contribution >= 4 is 24.3 Å². The predicted molar refractivity (Wildman–Crippen MR) is 305 cm³/mol. The van der Waals surface area contributed by atoms with Gasteiger partial charge < -0.3 is 5.11 Å². The molecule has 0 bridgehead atoms. The molecular weight excluding hydrogens is 1070 g/mol. The summed E-state index contributed by atoms with van der Waals surface area (Å²) in [5, 5.41) is 14.1. The van der Waals surface area contributed by atoms with Crippen LogP contribution >= 0.6 is 0 Å². The van der Waals surface area contributed by atoms with Crippen LogP contribution in [0.5, 0.6) is 5.75 Å². The van der Waals surface area contributed by atoms with Crippen molar-refractivity contribution in [2.75, 3.05) is 0 Å². The number of fused-ring (bicyclic) bond motifs is 1. The fourth-order valence-corrected chi connectivity index (χ4v) is 11.3. The van der Waals surface area contributed by atoms with Crippen LogP contribution in [0, 0.1) is 26.8 Å². The van der Waals surface area contributed by atoms with Gasteiger partial charge in [0.2, 0.25) is 0 Å². The first-order chi connectivity index (χ1) is 33.4. The summed E-state index contributed by atoms with van der Waals surface area (Å²) in [5.41, 5.74) is 20.2. The van der Waals surface area contributed by atoms with Crippen molar-refractivity contribution in [1.82, 2.24) is 14.5 Å². The van der Waals surface area contributed by atoms with Crippen LogP contribution < -0.4 is 5.19 Å². The number of hydrogen-bond acceptors (Lipinski definition) is 3. The Morgan fingerprint density at radius 1 is 0.542 bits per heavy atom. The van der Waals surface area contributed by atoms with E-state index in [1.807, 2.05) is 6.20 Å². The van der Waals surface area contributed by atoms with Gasteiger partial charge in [-0.2, -0.15) is 0 Å². The van der Waals surface area contributed by atoms with Crippen molar-refractivity contribution in [1.29, 1.82) is 0 Å². The fraction of sp³-hybridized carbons (Fsp3) is 0.273. The van der Waals surface area contributed by atoms with Crippen LogP contribution in [-0.4, -0.2) is 27.7 Å². The fourth-order valence-electron chi connectivity index (χ4n) is 10.1. The molecule has 9 aromatic rings. The molecule has 2 heterocycles. The Morgan fingerprint density at radius 2 is 1.17 bits per heavy atom. The first kappa shape index (κ1) is 52.2. The molecule has 0 amide bonds. The number of aryl methyl sites for hydroxylation is 3. The summed E-state index contributed by atoms with van der Waals surface area (Å²) in [5.74, 6) is 0.924. The van der Waals surface area contributed by atoms with E-state index in [1.54, 1.807) is 0 Å². The monoisotopic (exact) mass is 1140 g/mol. The number of imidazole rings is 1. The van der Waals surface area contributed by atoms with Crippen LogP contribution in [0.1, 0.15) is 95.7 Å². The molecular formula is C66H70N3OPtSi-. The minimum atomic E-state index is -1.44. The van der Waals surface area contributed by atoms with E-state index in [1.165, 1.54) is 38.6 Å². The molecule has 0 fully saturated rings. The Labute approximate surface area is 445 Å². The maximum atomic E-state index is 12.7. The number of aromatic nitrogens is 3. The minimum absolute atomic E-state index is 0. The molecule has 4 nitrogen and oxygen atoms in total. The van der Waals surface area contributed by atoms with Crippen molar-refractivity contribution in [2.24, 2.45) is 0 Å². The topological polar surface area (TPSA) is 50.9 Å². The summed E-state index contributed by atoms with van der Waals surface area (Å²) in [4.78, 5) is 10.7. The summed E-state index contributed by atoms with van der Waals surface area (Å²) < 4.78 is 2.29. The molecule has 0 aliphatic rings. The molecule has 0 saturated heterocycles. The van der Waals surface area contributed by atoms with E-state index < -0.39 is 8.07 Å². The Kier molecular flexibility index (Phi) is 14.0. The van der Waals surface area contributed by atoms with Crippen molar-refractivity contribution in [3.63, 3.8) is 0 Å². The predicted octanol–water partition coefficient (Wildman–Crippen LogP) is 17.3. The van der Waals surface area contributed by atoms with Gasteiger partial charge in [0.05, 0.1) is 30.4 Å². The quantitative estimate of drug-likeness (QED) is 0.122. The molecule has 1 N–H and O–H groups in total. The Balaban J connectivity index is 0.00000693. The largest absolute Gasteiger partial charge is 0.507 e. The second kappa shape index (κ2) is 19.4. The zero-order valence-electron chi connectivity index (χ0n) is 45.0. The Bertz CT molecular complexity index is 3460. The average Bonchev–Trinajstić information content (AvgIpc) is 3.69. The molecule has 6 heteroatoms. The van der Waals surface area contributed by atoms with E-state index in [9.17, 15) is 5.11 Å². The SMILES string of the molecule is Cc1cc(C)c(-c2ccc(-n3c(-c4cc(C(C)(C)C)cc(C(C)(C)C)c4O)nc4c(-c5[c-]c(-c6cc(-c7ccc([Si](C)(C)C)cc7)ccn6)cc(C(C)(C)C)c5)cccc43)c(-c3ccccc3)c2)c(C)c1.[Pt]. The number of para-hydroxylation sites is 1. The number of aromatic hydroxyl groups is 1. The van der Waals surface area contributed by atoms with Gasteiger partial charge in [0.15, 0.2) is 0 Å². The van der Waals surface area contributed by atoms with Gasteiger partial charge >= 0.3 is 0 Å². The van der Waals surface area contributed by atoms with Gasteiger partial charge in [0.25, 0.3) is 0 Å². The van der Waals surface area contributed by atoms with Gasteiger partial charge in [-0.1, -0.05) is 201 Å². The van der Waals surface area contributed by atoms with E-state index in [-0.39, 0.29) is 43.1 Å². The molecule has 370 valence electrons. The minimum Gasteiger partial charge on any atom is -0.507 e. The molecule has 2 aromatic heterocycles. The van der Waals surface area contributed by atoms with Crippen LogP contribution in [0.15, 0.2) is 146 Å². The summed E-state index contributed by atoms with van der Waals surface area (Å²) in [6.07, 6.45) is 1.92. The average molecular weight is 1140 g/mol. The summed E-state index contributed by atoms with van der Waals surface area (Å²) in [7, 11) is -1.44. The number of phenols is 1. The molecule has 0 aliphatic heterocycles. The number of benzene rings is 7. The standard InChI is InChI=1S/C66H70N3OSi.Pt/c1-41-32-42(2)60(43(3)33-41)47-26-29-58(54(37-47)45-20-17-16-18-21-45)69-59-23-19-22-53(61(59)68-63(69)55-39-51(65(7,8)9)40-56(62(55)70)66(10,11)12)48-34-49(36-50(35-48)64(4,5)6)57-38-46(30-31-67-57)44-24-27-52(28-25-44)71(13,14)15;/h16-33,35-40,70H,1-15H3;/q-1;. The first-order valence-electron chi connectivity index (χ1n) is 25.2. The number of nitrogens with zero attached hydrogens (tertiary/aromatic N) is 3. The zero-order valence-corrected chi connectivity index (χ0v) is 48.2. The molecule has 0 aliphatic carbocycles. The third kappa shape index (κ3) is 10.3. The van der Waals surface area contributed by atoms with E-state index in [0.29, 0.717) is 11.4 Å². The maximum Gasteiger partial charge on any atom is 0.148 e. The maximum absolute atomic E-state index is 12.7. The van der Waals surface area contributed by atoms with Crippen LogP contribution in [0.3, 0.4) is 0 Å². The third-order valence-corrected chi connectivity index (χ3v) is 16.2. The van der Waals surface area contributed by atoms with E-state index in [4.69, 9.17) is 9.97 Å². The summed E-state index contributed by atoms with van der Waals surface area (Å²) in [6.45, 7) is 33.8. The van der Waals surface area contributed by atoms with Gasteiger partial charge in [0, 0.05) is 44.1 Å². The van der Waals surface area contributed by atoms with Gasteiger partial charge in [-0.3, -0.25) is 9.55 Å². The number of rotatable bonds is 8. The second-order valence-electron chi connectivity index (χ2n) is 23.9.